The van der Waals surface area contributed by atoms with Gasteiger partial charge < -0.3 is 5.32 Å². The zero-order chi connectivity index (χ0) is 14.1. The molecule has 20 heavy (non-hydrogen) atoms. The van der Waals surface area contributed by atoms with E-state index in [2.05, 4.69) is 29.2 Å². The van der Waals surface area contributed by atoms with Gasteiger partial charge in [0, 0.05) is 25.0 Å². The molecule has 5 heteroatoms. The van der Waals surface area contributed by atoms with Gasteiger partial charge in [-0.15, -0.1) is 0 Å². The van der Waals surface area contributed by atoms with E-state index in [4.69, 9.17) is 11.6 Å². The van der Waals surface area contributed by atoms with E-state index in [9.17, 15) is 0 Å². The molecule has 0 saturated heterocycles. The van der Waals surface area contributed by atoms with Gasteiger partial charge in [-0.3, -0.25) is 0 Å². The number of rotatable bonds is 5. The minimum Gasteiger partial charge on any atom is -0.310 e. The fourth-order valence-electron chi connectivity index (χ4n) is 2.05. The van der Waals surface area contributed by atoms with E-state index in [-0.39, 0.29) is 0 Å². The molecule has 1 fully saturated rings. The summed E-state index contributed by atoms with van der Waals surface area (Å²) < 4.78 is 1.75. The van der Waals surface area contributed by atoms with Crippen LogP contribution in [-0.4, -0.2) is 20.8 Å². The highest BCUT2D eigenvalue weighted by Gasteiger charge is 2.20. The second-order valence-electron chi connectivity index (χ2n) is 5.64. The van der Waals surface area contributed by atoms with Crippen LogP contribution in [0.5, 0.6) is 0 Å². The highest BCUT2D eigenvalue weighted by molar-refractivity contribution is 6.32. The van der Waals surface area contributed by atoms with Crippen LogP contribution in [0.3, 0.4) is 0 Å². The topological polar surface area (TPSA) is 42.7 Å². The molecule has 2 aromatic heterocycles. The van der Waals surface area contributed by atoms with Crippen LogP contribution in [0.1, 0.15) is 43.9 Å². The first kappa shape index (κ1) is 13.6. The molecular weight excluding hydrogens is 272 g/mol. The molecule has 0 bridgehead atoms. The number of hydrogen-bond acceptors (Lipinski definition) is 3. The van der Waals surface area contributed by atoms with E-state index in [0.717, 1.165) is 17.8 Å². The van der Waals surface area contributed by atoms with E-state index in [0.29, 0.717) is 22.8 Å². The Hall–Kier alpha value is -1.39. The zero-order valence-electron chi connectivity index (χ0n) is 11.8. The molecule has 1 aliphatic rings. The molecule has 0 amide bonds. The second-order valence-corrected chi connectivity index (χ2v) is 6.05. The Morgan fingerprint density at radius 1 is 1.45 bits per heavy atom. The molecule has 4 nitrogen and oxygen atoms in total. The monoisotopic (exact) mass is 290 g/mol. The van der Waals surface area contributed by atoms with E-state index >= 15 is 0 Å². The fraction of sp³-hybridized carbons (Fsp3) is 0.467. The van der Waals surface area contributed by atoms with Crippen molar-refractivity contribution >= 4 is 11.6 Å². The molecule has 1 saturated carbocycles. The number of hydrogen-bond donors (Lipinski definition) is 1. The van der Waals surface area contributed by atoms with Gasteiger partial charge in [0.15, 0.2) is 5.82 Å². The lowest BCUT2D eigenvalue weighted by molar-refractivity contribution is 0.684. The summed E-state index contributed by atoms with van der Waals surface area (Å²) >= 11 is 6.33. The number of aromatic nitrogens is 3. The third-order valence-corrected chi connectivity index (χ3v) is 3.75. The van der Waals surface area contributed by atoms with Crippen LogP contribution >= 0.6 is 11.6 Å². The average molecular weight is 291 g/mol. The second kappa shape index (κ2) is 5.54. The minimum absolute atomic E-state index is 0.400. The maximum absolute atomic E-state index is 6.33. The van der Waals surface area contributed by atoms with Gasteiger partial charge in [-0.2, -0.15) is 5.10 Å². The van der Waals surface area contributed by atoms with Crippen molar-refractivity contribution in [3.05, 3.63) is 40.8 Å². The lowest BCUT2D eigenvalue weighted by Gasteiger charge is -2.07. The van der Waals surface area contributed by atoms with Crippen molar-refractivity contribution in [2.45, 2.75) is 45.2 Å². The summed E-state index contributed by atoms with van der Waals surface area (Å²) in [5.74, 6) is 1.09. The predicted molar refractivity (Wildman–Crippen MR) is 80.3 cm³/mol. The molecule has 0 unspecified atom stereocenters. The Balaban J connectivity index is 1.78. The molecule has 106 valence electrons. The molecule has 2 heterocycles. The highest BCUT2D eigenvalue weighted by Crippen LogP contribution is 2.22. The van der Waals surface area contributed by atoms with Crippen LogP contribution in [0.15, 0.2) is 24.5 Å². The van der Waals surface area contributed by atoms with Crippen LogP contribution in [0.2, 0.25) is 5.02 Å². The van der Waals surface area contributed by atoms with E-state index in [1.807, 2.05) is 24.5 Å². The van der Waals surface area contributed by atoms with E-state index < -0.39 is 0 Å². The van der Waals surface area contributed by atoms with Crippen LogP contribution in [0.4, 0.5) is 0 Å². The normalized spacial score (nSPS) is 15.0. The minimum atomic E-state index is 0.400. The van der Waals surface area contributed by atoms with Crippen LogP contribution in [0, 0.1) is 0 Å². The Bertz CT molecular complexity index is 602. The van der Waals surface area contributed by atoms with Gasteiger partial charge in [0.05, 0.1) is 10.7 Å². The number of halogens is 1. The molecule has 0 atom stereocenters. The standard InChI is InChI=1S/C15H19ClN4/c1-10(2)14-5-6-20(19-14)15-13(16)7-11(9-18-15)8-17-12-3-4-12/h5-7,9-10,12,17H,3-4,8H2,1-2H3. The summed E-state index contributed by atoms with van der Waals surface area (Å²) in [7, 11) is 0. The quantitative estimate of drug-likeness (QED) is 0.919. The van der Waals surface area contributed by atoms with Gasteiger partial charge in [-0.05, 0) is 36.5 Å². The molecular formula is C15H19ClN4. The Morgan fingerprint density at radius 2 is 2.25 bits per heavy atom. The lowest BCUT2D eigenvalue weighted by atomic mass is 10.1. The third-order valence-electron chi connectivity index (χ3n) is 3.47. The highest BCUT2D eigenvalue weighted by atomic mass is 35.5. The van der Waals surface area contributed by atoms with Gasteiger partial charge in [-0.25, -0.2) is 9.67 Å². The molecule has 3 rings (SSSR count). The first-order valence-corrected chi connectivity index (χ1v) is 7.45. The number of pyridine rings is 1. The summed E-state index contributed by atoms with van der Waals surface area (Å²) in [4.78, 5) is 4.45. The summed E-state index contributed by atoms with van der Waals surface area (Å²) in [6, 6.07) is 4.66. The Kier molecular flexibility index (Phi) is 3.76. The fourth-order valence-corrected chi connectivity index (χ4v) is 2.32. The van der Waals surface area contributed by atoms with Crippen LogP contribution < -0.4 is 5.32 Å². The molecule has 0 aliphatic heterocycles. The third kappa shape index (κ3) is 3.02. The average Bonchev–Trinajstić information content (AvgIpc) is 3.11. The van der Waals surface area contributed by atoms with Gasteiger partial charge in [-0.1, -0.05) is 25.4 Å². The first-order chi connectivity index (χ1) is 9.63. The Morgan fingerprint density at radius 3 is 2.85 bits per heavy atom. The van der Waals surface area contributed by atoms with E-state index in [1.54, 1.807) is 4.68 Å². The van der Waals surface area contributed by atoms with Crippen molar-refractivity contribution < 1.29 is 0 Å². The van der Waals surface area contributed by atoms with Gasteiger partial charge in [0.2, 0.25) is 0 Å². The molecule has 1 N–H and O–H groups in total. The number of nitrogens with zero attached hydrogens (tertiary/aromatic N) is 3. The molecule has 0 spiro atoms. The van der Waals surface area contributed by atoms with Crippen molar-refractivity contribution in [3.8, 4) is 5.82 Å². The Labute approximate surface area is 124 Å². The largest absolute Gasteiger partial charge is 0.310 e. The SMILES string of the molecule is CC(C)c1ccn(-c2ncc(CNC3CC3)cc2Cl)n1. The lowest BCUT2D eigenvalue weighted by Crippen LogP contribution is -2.15. The van der Waals surface area contributed by atoms with Crippen LogP contribution in [0.25, 0.3) is 5.82 Å². The first-order valence-electron chi connectivity index (χ1n) is 7.07. The van der Waals surface area contributed by atoms with Crippen LogP contribution in [-0.2, 0) is 6.54 Å². The molecule has 2 aromatic rings. The van der Waals surface area contributed by atoms with Gasteiger partial charge in [0.1, 0.15) is 0 Å². The van der Waals surface area contributed by atoms with Gasteiger partial charge >= 0.3 is 0 Å². The summed E-state index contributed by atoms with van der Waals surface area (Å²) in [5.41, 5.74) is 2.16. The molecule has 1 aliphatic carbocycles. The predicted octanol–water partition coefficient (Wildman–Crippen LogP) is 3.30. The van der Waals surface area contributed by atoms with Crippen molar-refractivity contribution in [1.82, 2.24) is 20.1 Å². The van der Waals surface area contributed by atoms with Gasteiger partial charge in [0.25, 0.3) is 0 Å². The number of nitrogens with one attached hydrogen (secondary N) is 1. The van der Waals surface area contributed by atoms with Crippen molar-refractivity contribution in [2.24, 2.45) is 0 Å². The molecule has 0 aromatic carbocycles. The molecule has 0 radical (unpaired) electrons. The van der Waals surface area contributed by atoms with Crippen molar-refractivity contribution in [1.29, 1.82) is 0 Å². The smallest absolute Gasteiger partial charge is 0.172 e. The maximum Gasteiger partial charge on any atom is 0.172 e. The van der Waals surface area contributed by atoms with Crippen molar-refractivity contribution in [3.63, 3.8) is 0 Å². The van der Waals surface area contributed by atoms with Crippen molar-refractivity contribution in [2.75, 3.05) is 0 Å². The van der Waals surface area contributed by atoms with E-state index in [1.165, 1.54) is 12.8 Å². The summed E-state index contributed by atoms with van der Waals surface area (Å²) in [5, 5.41) is 8.60. The zero-order valence-corrected chi connectivity index (χ0v) is 12.6. The summed E-state index contributed by atoms with van der Waals surface area (Å²) in [6.07, 6.45) is 6.34. The maximum atomic E-state index is 6.33. The summed E-state index contributed by atoms with van der Waals surface area (Å²) in [6.45, 7) is 5.07.